The molecule has 2 saturated carbocycles. The third kappa shape index (κ3) is 2.92. The number of hydrogen-bond acceptors (Lipinski definition) is 3. The molecule has 3 atom stereocenters. The molecule has 0 saturated heterocycles. The van der Waals surface area contributed by atoms with E-state index in [2.05, 4.69) is 0 Å². The Balaban J connectivity index is 1.85. The summed E-state index contributed by atoms with van der Waals surface area (Å²) >= 11 is 0. The van der Waals surface area contributed by atoms with Gasteiger partial charge in [0.1, 0.15) is 0 Å². The highest BCUT2D eigenvalue weighted by Crippen LogP contribution is 2.29. The quantitative estimate of drug-likeness (QED) is 0.779. The van der Waals surface area contributed by atoms with Gasteiger partial charge in [0.25, 0.3) is 0 Å². The molecule has 0 aliphatic heterocycles. The predicted molar refractivity (Wildman–Crippen MR) is 57.8 cm³/mol. The molecule has 2 rings (SSSR count). The zero-order valence-electron chi connectivity index (χ0n) is 9.52. The molecule has 0 aromatic carbocycles. The van der Waals surface area contributed by atoms with E-state index in [-0.39, 0.29) is 18.3 Å². The first kappa shape index (κ1) is 11.4. The van der Waals surface area contributed by atoms with Crippen molar-refractivity contribution < 1.29 is 14.6 Å². The highest BCUT2D eigenvalue weighted by atomic mass is 16.5. The topological polar surface area (TPSA) is 38.7 Å². The summed E-state index contributed by atoms with van der Waals surface area (Å²) in [6.45, 7) is 0. The van der Waals surface area contributed by atoms with Crippen molar-refractivity contribution in [2.45, 2.75) is 69.4 Å². The fraction of sp³-hybridized carbons (Fsp3) is 1.00. The van der Waals surface area contributed by atoms with E-state index in [1.807, 2.05) is 0 Å². The van der Waals surface area contributed by atoms with E-state index in [9.17, 15) is 5.11 Å². The molecule has 0 aromatic heterocycles. The maximum Gasteiger partial charge on any atom is 0.0864 e. The fourth-order valence-corrected chi connectivity index (χ4v) is 2.76. The maximum atomic E-state index is 9.63. The lowest BCUT2D eigenvalue weighted by atomic mass is 9.92. The summed E-state index contributed by atoms with van der Waals surface area (Å²) in [4.78, 5) is 0. The fourth-order valence-electron chi connectivity index (χ4n) is 2.76. The zero-order chi connectivity index (χ0) is 10.7. The van der Waals surface area contributed by atoms with Crippen LogP contribution in [0.4, 0.5) is 0 Å². The van der Waals surface area contributed by atoms with Crippen molar-refractivity contribution in [3.05, 3.63) is 0 Å². The highest BCUT2D eigenvalue weighted by Gasteiger charge is 2.32. The van der Waals surface area contributed by atoms with Gasteiger partial charge in [0.15, 0.2) is 0 Å². The Kier molecular flexibility index (Phi) is 4.00. The Hall–Kier alpha value is -0.120. The van der Waals surface area contributed by atoms with E-state index in [4.69, 9.17) is 9.47 Å². The second kappa shape index (κ2) is 5.28. The summed E-state index contributed by atoms with van der Waals surface area (Å²) in [5, 5.41) is 9.63. The van der Waals surface area contributed by atoms with Gasteiger partial charge in [-0.15, -0.1) is 0 Å². The molecule has 3 heteroatoms. The number of methoxy groups -OCH3 is 1. The molecule has 1 N–H and O–H groups in total. The Bertz CT molecular complexity index is 189. The van der Waals surface area contributed by atoms with Crippen molar-refractivity contribution in [2.24, 2.45) is 0 Å². The minimum atomic E-state index is -0.192. The van der Waals surface area contributed by atoms with Crippen molar-refractivity contribution in [2.75, 3.05) is 7.11 Å². The lowest BCUT2D eigenvalue weighted by molar-refractivity contribution is -0.125. The molecule has 15 heavy (non-hydrogen) atoms. The Labute approximate surface area is 91.8 Å². The van der Waals surface area contributed by atoms with Gasteiger partial charge in [0.05, 0.1) is 24.4 Å². The molecule has 2 aliphatic carbocycles. The van der Waals surface area contributed by atoms with Gasteiger partial charge < -0.3 is 14.6 Å². The molecule has 0 amide bonds. The Morgan fingerprint density at radius 1 is 1.00 bits per heavy atom. The number of ether oxygens (including phenoxy) is 2. The van der Waals surface area contributed by atoms with E-state index in [1.54, 1.807) is 7.11 Å². The standard InChI is InChI=1S/C12H22O3/c1-14-11-7-6-9(13)8-12(11)15-10-4-2-3-5-10/h9-13H,2-8H2,1H3. The first-order valence-electron chi connectivity index (χ1n) is 6.16. The van der Waals surface area contributed by atoms with Gasteiger partial charge in [-0.1, -0.05) is 12.8 Å². The van der Waals surface area contributed by atoms with Crippen molar-refractivity contribution in [1.82, 2.24) is 0 Å². The number of aliphatic hydroxyl groups is 1. The molecule has 0 bridgehead atoms. The Morgan fingerprint density at radius 3 is 2.40 bits per heavy atom. The van der Waals surface area contributed by atoms with Crippen LogP contribution in [-0.4, -0.2) is 36.6 Å². The van der Waals surface area contributed by atoms with Crippen molar-refractivity contribution in [1.29, 1.82) is 0 Å². The van der Waals surface area contributed by atoms with Gasteiger partial charge in [-0.3, -0.25) is 0 Å². The minimum absolute atomic E-state index is 0.113. The molecular weight excluding hydrogens is 192 g/mol. The second-order valence-electron chi connectivity index (χ2n) is 4.82. The third-order valence-corrected chi connectivity index (χ3v) is 3.68. The highest BCUT2D eigenvalue weighted by molar-refractivity contribution is 4.83. The van der Waals surface area contributed by atoms with E-state index in [0.717, 1.165) is 19.3 Å². The zero-order valence-corrected chi connectivity index (χ0v) is 9.52. The van der Waals surface area contributed by atoms with Crippen LogP contribution < -0.4 is 0 Å². The summed E-state index contributed by atoms with van der Waals surface area (Å²) in [6, 6.07) is 0. The van der Waals surface area contributed by atoms with Crippen LogP contribution in [0, 0.1) is 0 Å². The monoisotopic (exact) mass is 214 g/mol. The van der Waals surface area contributed by atoms with Crippen LogP contribution >= 0.6 is 0 Å². The SMILES string of the molecule is COC1CCC(O)CC1OC1CCCC1. The molecule has 0 heterocycles. The number of aliphatic hydroxyl groups excluding tert-OH is 1. The minimum Gasteiger partial charge on any atom is -0.393 e. The normalized spacial score (nSPS) is 38.4. The molecule has 2 fully saturated rings. The summed E-state index contributed by atoms with van der Waals surface area (Å²) in [7, 11) is 1.74. The van der Waals surface area contributed by atoms with Crippen LogP contribution in [0.3, 0.4) is 0 Å². The summed E-state index contributed by atoms with van der Waals surface area (Å²) in [5.74, 6) is 0. The van der Waals surface area contributed by atoms with Crippen LogP contribution in [0.25, 0.3) is 0 Å². The van der Waals surface area contributed by atoms with E-state index >= 15 is 0 Å². The molecule has 0 radical (unpaired) electrons. The average Bonchev–Trinajstić information content (AvgIpc) is 2.71. The van der Waals surface area contributed by atoms with Gasteiger partial charge in [-0.25, -0.2) is 0 Å². The summed E-state index contributed by atoms with van der Waals surface area (Å²) < 4.78 is 11.5. The van der Waals surface area contributed by atoms with Crippen molar-refractivity contribution in [3.63, 3.8) is 0 Å². The first-order valence-corrected chi connectivity index (χ1v) is 6.16. The predicted octanol–water partition coefficient (Wildman–Crippen LogP) is 1.87. The molecule has 0 aromatic rings. The molecule has 2 aliphatic rings. The first-order chi connectivity index (χ1) is 7.29. The third-order valence-electron chi connectivity index (χ3n) is 3.68. The molecule has 3 unspecified atom stereocenters. The lowest BCUT2D eigenvalue weighted by Gasteiger charge is -2.34. The van der Waals surface area contributed by atoms with Gasteiger partial charge in [-0.2, -0.15) is 0 Å². The van der Waals surface area contributed by atoms with Crippen LogP contribution in [0.2, 0.25) is 0 Å². The molecule has 3 nitrogen and oxygen atoms in total. The van der Waals surface area contributed by atoms with Crippen molar-refractivity contribution >= 4 is 0 Å². The van der Waals surface area contributed by atoms with Crippen LogP contribution in [0.5, 0.6) is 0 Å². The van der Waals surface area contributed by atoms with Crippen LogP contribution in [0.1, 0.15) is 44.9 Å². The Morgan fingerprint density at radius 2 is 1.73 bits per heavy atom. The molecule has 0 spiro atoms. The number of rotatable bonds is 3. The van der Waals surface area contributed by atoms with Gasteiger partial charge in [-0.05, 0) is 25.7 Å². The summed E-state index contributed by atoms with van der Waals surface area (Å²) in [5.41, 5.74) is 0. The van der Waals surface area contributed by atoms with E-state index in [1.165, 1.54) is 25.7 Å². The van der Waals surface area contributed by atoms with E-state index in [0.29, 0.717) is 6.10 Å². The molecular formula is C12H22O3. The van der Waals surface area contributed by atoms with Gasteiger partial charge in [0.2, 0.25) is 0 Å². The molecule has 88 valence electrons. The average molecular weight is 214 g/mol. The van der Waals surface area contributed by atoms with Crippen LogP contribution in [0.15, 0.2) is 0 Å². The van der Waals surface area contributed by atoms with Crippen LogP contribution in [-0.2, 0) is 9.47 Å². The van der Waals surface area contributed by atoms with Crippen molar-refractivity contribution in [3.8, 4) is 0 Å². The van der Waals surface area contributed by atoms with E-state index < -0.39 is 0 Å². The largest absolute Gasteiger partial charge is 0.393 e. The number of hydrogen-bond donors (Lipinski definition) is 1. The second-order valence-corrected chi connectivity index (χ2v) is 4.82. The van der Waals surface area contributed by atoms with Gasteiger partial charge >= 0.3 is 0 Å². The maximum absolute atomic E-state index is 9.63. The summed E-state index contributed by atoms with van der Waals surface area (Å²) in [6.07, 6.45) is 7.99. The van der Waals surface area contributed by atoms with Gasteiger partial charge in [0, 0.05) is 13.5 Å². The lowest BCUT2D eigenvalue weighted by Crippen LogP contribution is -2.41. The smallest absolute Gasteiger partial charge is 0.0864 e.